The van der Waals surface area contributed by atoms with E-state index < -0.39 is 6.23 Å². The highest BCUT2D eigenvalue weighted by Gasteiger charge is 2.25. The first kappa shape index (κ1) is 25.3. The van der Waals surface area contributed by atoms with Crippen LogP contribution < -0.4 is 15.8 Å². The van der Waals surface area contributed by atoms with E-state index in [0.29, 0.717) is 34.0 Å². The van der Waals surface area contributed by atoms with Gasteiger partial charge in [0.25, 0.3) is 5.91 Å². The normalized spacial score (nSPS) is 14.1. The van der Waals surface area contributed by atoms with Crippen molar-refractivity contribution in [3.05, 3.63) is 66.5 Å². The van der Waals surface area contributed by atoms with Crippen LogP contribution in [0.5, 0.6) is 5.75 Å². The number of ether oxygens (including phenoxy) is 1. The van der Waals surface area contributed by atoms with E-state index >= 15 is 0 Å². The Morgan fingerprint density at radius 1 is 1.16 bits per heavy atom. The van der Waals surface area contributed by atoms with Gasteiger partial charge in [-0.15, -0.1) is 0 Å². The zero-order chi connectivity index (χ0) is 27.0. The highest BCUT2D eigenvalue weighted by molar-refractivity contribution is 6.08. The lowest BCUT2D eigenvalue weighted by molar-refractivity contribution is 0.0793. The van der Waals surface area contributed by atoms with Crippen LogP contribution in [0.15, 0.2) is 60.9 Å². The number of anilines is 2. The molecule has 3 heterocycles. The number of aromatic nitrogens is 3. The number of methoxy groups -OCH3 is 1. The van der Waals surface area contributed by atoms with Crippen LogP contribution in [0.3, 0.4) is 0 Å². The minimum atomic E-state index is -0.879. The molecule has 1 unspecified atom stereocenters. The Hall–Kier alpha value is -4.37. The molecular weight excluding hydrogens is 480 g/mol. The molecule has 0 aliphatic carbocycles. The van der Waals surface area contributed by atoms with Crippen molar-refractivity contribution in [1.82, 2.24) is 19.4 Å². The highest BCUT2D eigenvalue weighted by atomic mass is 16.5. The lowest BCUT2D eigenvalue weighted by Gasteiger charge is -2.18. The summed E-state index contributed by atoms with van der Waals surface area (Å²) in [5.41, 5.74) is 12.4. The van der Waals surface area contributed by atoms with Crippen LogP contribution >= 0.6 is 0 Å². The van der Waals surface area contributed by atoms with Gasteiger partial charge in [0.1, 0.15) is 29.8 Å². The molecule has 38 heavy (non-hydrogen) atoms. The summed E-state index contributed by atoms with van der Waals surface area (Å²) in [7, 11) is 3.53. The van der Waals surface area contributed by atoms with Gasteiger partial charge in [-0.2, -0.15) is 0 Å². The summed E-state index contributed by atoms with van der Waals surface area (Å²) >= 11 is 0. The SMILES string of the molecule is C=C(C)C(O)Nc1ccc(-c2c(-c3ccc(C(=O)N4CCCC4)cc3)c3c(N)ncnc3n2C)c(OC)c1. The molecule has 1 saturated heterocycles. The fourth-order valence-electron chi connectivity index (χ4n) is 5.01. The smallest absolute Gasteiger partial charge is 0.253 e. The number of amides is 1. The number of aliphatic hydroxyl groups excluding tert-OH is 1. The van der Waals surface area contributed by atoms with E-state index in [9.17, 15) is 9.90 Å². The Kier molecular flexibility index (Phi) is 6.77. The van der Waals surface area contributed by atoms with Crippen molar-refractivity contribution in [2.45, 2.75) is 26.0 Å². The molecule has 196 valence electrons. The maximum atomic E-state index is 12.9. The van der Waals surface area contributed by atoms with Crippen LogP contribution in [-0.2, 0) is 7.05 Å². The Labute approximate surface area is 221 Å². The molecule has 1 aliphatic heterocycles. The van der Waals surface area contributed by atoms with Crippen LogP contribution in [-0.4, -0.2) is 56.9 Å². The zero-order valence-electron chi connectivity index (χ0n) is 21.9. The van der Waals surface area contributed by atoms with E-state index in [4.69, 9.17) is 10.5 Å². The van der Waals surface area contributed by atoms with Crippen LogP contribution in [0, 0.1) is 0 Å². The molecule has 9 nitrogen and oxygen atoms in total. The van der Waals surface area contributed by atoms with Gasteiger partial charge in [-0.3, -0.25) is 4.79 Å². The second kappa shape index (κ2) is 10.2. The number of rotatable bonds is 7. The molecule has 1 aliphatic rings. The maximum absolute atomic E-state index is 12.9. The summed E-state index contributed by atoms with van der Waals surface area (Å²) in [4.78, 5) is 23.6. The second-order valence-electron chi connectivity index (χ2n) is 9.63. The van der Waals surface area contributed by atoms with E-state index in [1.54, 1.807) is 14.0 Å². The number of hydrogen-bond donors (Lipinski definition) is 3. The van der Waals surface area contributed by atoms with Crippen molar-refractivity contribution in [2.75, 3.05) is 31.2 Å². The third kappa shape index (κ3) is 4.45. The van der Waals surface area contributed by atoms with Crippen LogP contribution in [0.25, 0.3) is 33.4 Å². The fraction of sp³-hybridized carbons (Fsp3) is 0.276. The molecule has 4 N–H and O–H groups in total. The standard InChI is InChI=1S/C29H32N6O3/c1-17(2)28(36)33-20-11-12-21(22(15-20)38-4)25-23(24-26(30)31-16-32-27(24)34(25)3)18-7-9-19(10-8-18)29(37)35-13-5-6-14-35/h7-12,15-16,28,33,36H,1,5-6,13-14H2,2-4H3,(H2,30,31,32). The number of nitrogens with two attached hydrogens (primary N) is 1. The Balaban J connectivity index is 1.65. The summed E-state index contributed by atoms with van der Waals surface area (Å²) in [6.07, 6.45) is 2.66. The lowest BCUT2D eigenvalue weighted by atomic mass is 9.97. The summed E-state index contributed by atoms with van der Waals surface area (Å²) < 4.78 is 7.76. The molecule has 4 aromatic rings. The third-order valence-electron chi connectivity index (χ3n) is 7.04. The quantitative estimate of drug-likeness (QED) is 0.248. The van der Waals surface area contributed by atoms with Crippen molar-refractivity contribution in [3.63, 3.8) is 0 Å². The van der Waals surface area contributed by atoms with Crippen LogP contribution in [0.1, 0.15) is 30.1 Å². The molecule has 5 rings (SSSR count). The fourth-order valence-corrected chi connectivity index (χ4v) is 5.01. The van der Waals surface area contributed by atoms with Crippen LogP contribution in [0.4, 0.5) is 11.5 Å². The van der Waals surface area contributed by atoms with Gasteiger partial charge in [-0.1, -0.05) is 18.7 Å². The van der Waals surface area contributed by atoms with E-state index in [2.05, 4.69) is 21.9 Å². The third-order valence-corrected chi connectivity index (χ3v) is 7.04. The first-order valence-electron chi connectivity index (χ1n) is 12.6. The maximum Gasteiger partial charge on any atom is 0.253 e. The number of benzene rings is 2. The molecule has 9 heteroatoms. The van der Waals surface area contributed by atoms with E-state index in [0.717, 1.165) is 53.7 Å². The van der Waals surface area contributed by atoms with Gasteiger partial charge in [0.15, 0.2) is 0 Å². The number of nitrogen functional groups attached to an aromatic ring is 1. The van der Waals surface area contributed by atoms with Gasteiger partial charge >= 0.3 is 0 Å². The molecule has 1 atom stereocenters. The number of nitrogens with zero attached hydrogens (tertiary/aromatic N) is 4. The van der Waals surface area contributed by atoms with Crippen molar-refractivity contribution >= 4 is 28.4 Å². The van der Waals surface area contributed by atoms with Crippen molar-refractivity contribution in [2.24, 2.45) is 7.05 Å². The molecule has 0 saturated carbocycles. The molecule has 0 bridgehead atoms. The molecule has 2 aromatic carbocycles. The molecule has 1 amide bonds. The number of carbonyl (C=O) groups is 1. The Morgan fingerprint density at radius 3 is 2.53 bits per heavy atom. The Bertz CT molecular complexity index is 1520. The minimum absolute atomic E-state index is 0.0525. The lowest BCUT2D eigenvalue weighted by Crippen LogP contribution is -2.27. The van der Waals surface area contributed by atoms with Gasteiger partial charge in [0, 0.05) is 48.6 Å². The number of likely N-dealkylation sites (tertiary alicyclic amines) is 1. The van der Waals surface area contributed by atoms with Crippen molar-refractivity contribution < 1.29 is 14.6 Å². The molecule has 0 spiro atoms. The summed E-state index contributed by atoms with van der Waals surface area (Å²) in [6.45, 7) is 7.15. The predicted octanol–water partition coefficient (Wildman–Crippen LogP) is 4.44. The topological polar surface area (TPSA) is 119 Å². The van der Waals surface area contributed by atoms with Gasteiger partial charge in [0.05, 0.1) is 18.2 Å². The van der Waals surface area contributed by atoms with Gasteiger partial charge in [0.2, 0.25) is 0 Å². The number of nitrogens with one attached hydrogen (secondary N) is 1. The first-order chi connectivity index (χ1) is 18.3. The molecule has 2 aromatic heterocycles. The summed E-state index contributed by atoms with van der Waals surface area (Å²) in [6, 6.07) is 13.2. The van der Waals surface area contributed by atoms with Gasteiger partial charge in [-0.25, -0.2) is 9.97 Å². The number of aryl methyl sites for hydroxylation is 1. The van der Waals surface area contributed by atoms with E-state index in [1.807, 2.05) is 59.0 Å². The van der Waals surface area contributed by atoms with E-state index in [-0.39, 0.29) is 5.91 Å². The zero-order valence-corrected chi connectivity index (χ0v) is 21.9. The predicted molar refractivity (Wildman–Crippen MR) is 150 cm³/mol. The average Bonchev–Trinajstić information content (AvgIpc) is 3.56. The monoisotopic (exact) mass is 512 g/mol. The van der Waals surface area contributed by atoms with Gasteiger partial charge in [-0.05, 0) is 55.2 Å². The number of hydrogen-bond acceptors (Lipinski definition) is 7. The molecular formula is C29H32N6O3. The van der Waals surface area contributed by atoms with Gasteiger partial charge < -0.3 is 30.4 Å². The minimum Gasteiger partial charge on any atom is -0.496 e. The Morgan fingerprint density at radius 2 is 1.87 bits per heavy atom. The number of aliphatic hydroxyl groups is 1. The van der Waals surface area contributed by atoms with Crippen molar-refractivity contribution in [3.8, 4) is 28.1 Å². The summed E-state index contributed by atoms with van der Waals surface area (Å²) in [5, 5.41) is 14.0. The van der Waals surface area contributed by atoms with E-state index in [1.165, 1.54) is 6.33 Å². The number of carbonyl (C=O) groups excluding carboxylic acids is 1. The number of fused-ring (bicyclic) bond motifs is 1. The largest absolute Gasteiger partial charge is 0.496 e. The van der Waals surface area contributed by atoms with Crippen molar-refractivity contribution in [1.29, 1.82) is 0 Å². The van der Waals surface area contributed by atoms with Crippen LogP contribution in [0.2, 0.25) is 0 Å². The average molecular weight is 513 g/mol. The highest BCUT2D eigenvalue weighted by Crippen LogP contribution is 2.45. The molecule has 1 fully saturated rings. The molecule has 0 radical (unpaired) electrons. The first-order valence-corrected chi connectivity index (χ1v) is 12.6. The second-order valence-corrected chi connectivity index (χ2v) is 9.63. The summed E-state index contributed by atoms with van der Waals surface area (Å²) in [5.74, 6) is 1.02.